The Balaban J connectivity index is 2.00. The fourth-order valence-corrected chi connectivity index (χ4v) is 3.90. The van der Waals surface area contributed by atoms with Crippen molar-refractivity contribution in [2.75, 3.05) is 6.61 Å². The lowest BCUT2D eigenvalue weighted by Gasteiger charge is -2.24. The Labute approximate surface area is 108 Å². The van der Waals surface area contributed by atoms with Gasteiger partial charge in [0.05, 0.1) is 6.10 Å². The molecule has 3 heteroatoms. The van der Waals surface area contributed by atoms with Crippen LogP contribution in [0.4, 0.5) is 0 Å². The molecule has 98 valence electrons. The predicted octanol–water partition coefficient (Wildman–Crippen LogP) is 2.21. The molecule has 3 atom stereocenters. The number of carbonyl (C=O) groups excluding carboxylic acids is 1. The molecule has 18 heavy (non-hydrogen) atoms. The summed E-state index contributed by atoms with van der Waals surface area (Å²) in [6.07, 6.45) is 2.10. The number of fused-ring (bicyclic) bond motifs is 1. The van der Waals surface area contributed by atoms with E-state index in [-0.39, 0.29) is 23.9 Å². The number of aliphatic hydroxyl groups is 1. The van der Waals surface area contributed by atoms with Gasteiger partial charge in [-0.3, -0.25) is 0 Å². The lowest BCUT2D eigenvalue weighted by atomic mass is 9.85. The maximum Gasteiger partial charge on any atom is 0.334 e. The molecule has 0 bridgehead atoms. The van der Waals surface area contributed by atoms with Gasteiger partial charge in [0.1, 0.15) is 6.61 Å². The van der Waals surface area contributed by atoms with Crippen molar-refractivity contribution in [2.24, 2.45) is 17.3 Å². The lowest BCUT2D eigenvalue weighted by molar-refractivity contribution is -0.136. The third-order valence-electron chi connectivity index (χ3n) is 4.76. The van der Waals surface area contributed by atoms with Gasteiger partial charge < -0.3 is 9.84 Å². The molecule has 0 aromatic heterocycles. The van der Waals surface area contributed by atoms with Crippen molar-refractivity contribution in [3.8, 4) is 0 Å². The Morgan fingerprint density at radius 2 is 2.11 bits per heavy atom. The van der Waals surface area contributed by atoms with Crippen LogP contribution in [0.1, 0.15) is 33.1 Å². The summed E-state index contributed by atoms with van der Waals surface area (Å²) >= 11 is 0. The van der Waals surface area contributed by atoms with Crippen LogP contribution in [0.15, 0.2) is 23.3 Å². The average molecular weight is 248 g/mol. The number of hydrogen-bond donors (Lipinski definition) is 1. The maximum atomic E-state index is 11.7. The van der Waals surface area contributed by atoms with Crippen LogP contribution in [0.5, 0.6) is 0 Å². The Morgan fingerprint density at radius 1 is 1.39 bits per heavy atom. The zero-order chi connectivity index (χ0) is 13.1. The number of ether oxygens (including phenoxy) is 1. The third-order valence-corrected chi connectivity index (χ3v) is 4.76. The highest BCUT2D eigenvalue weighted by atomic mass is 16.5. The molecule has 1 saturated carbocycles. The van der Waals surface area contributed by atoms with Crippen molar-refractivity contribution < 1.29 is 14.6 Å². The second-order valence-corrected chi connectivity index (χ2v) is 6.70. The van der Waals surface area contributed by atoms with E-state index in [0.717, 1.165) is 24.0 Å². The highest BCUT2D eigenvalue weighted by Gasteiger charge is 2.48. The normalized spacial score (nSPS) is 38.3. The number of aliphatic hydroxyl groups excluding tert-OH is 1. The molecule has 3 rings (SSSR count). The predicted molar refractivity (Wildman–Crippen MR) is 67.7 cm³/mol. The quantitative estimate of drug-likeness (QED) is 0.528. The van der Waals surface area contributed by atoms with E-state index in [4.69, 9.17) is 4.74 Å². The van der Waals surface area contributed by atoms with Gasteiger partial charge in [0.2, 0.25) is 0 Å². The van der Waals surface area contributed by atoms with Crippen LogP contribution < -0.4 is 0 Å². The molecular weight excluding hydrogens is 228 g/mol. The molecule has 3 nitrogen and oxygen atoms in total. The molecule has 2 aliphatic carbocycles. The first-order valence-electron chi connectivity index (χ1n) is 6.64. The molecule has 1 heterocycles. The molecule has 0 aromatic rings. The van der Waals surface area contributed by atoms with Crippen molar-refractivity contribution in [1.29, 1.82) is 0 Å². The van der Waals surface area contributed by atoms with E-state index in [2.05, 4.69) is 20.4 Å². The van der Waals surface area contributed by atoms with Gasteiger partial charge >= 0.3 is 5.97 Å². The largest absolute Gasteiger partial charge is 0.458 e. The summed E-state index contributed by atoms with van der Waals surface area (Å²) in [5.41, 5.74) is 2.82. The van der Waals surface area contributed by atoms with Gasteiger partial charge in [-0.15, -0.1) is 0 Å². The first-order chi connectivity index (χ1) is 8.39. The standard InChI is InChI=1S/C15H20O3/c1-8-4-9-12(7-18-14(9)17)13(16)11-6-15(2,3)5-10(8)11/h10-11,13,16H,1,4-7H2,2-3H3/t10-,11-,13+/m1/s1. The number of carbonyl (C=O) groups is 1. The molecule has 0 aromatic carbocycles. The van der Waals surface area contributed by atoms with Crippen molar-refractivity contribution >= 4 is 5.97 Å². The van der Waals surface area contributed by atoms with Crippen LogP contribution in [0.2, 0.25) is 0 Å². The van der Waals surface area contributed by atoms with Crippen LogP contribution >= 0.6 is 0 Å². The topological polar surface area (TPSA) is 46.5 Å². The summed E-state index contributed by atoms with van der Waals surface area (Å²) in [7, 11) is 0. The Hall–Kier alpha value is -1.09. The summed E-state index contributed by atoms with van der Waals surface area (Å²) in [5.74, 6) is 0.285. The van der Waals surface area contributed by atoms with Crippen molar-refractivity contribution in [3.63, 3.8) is 0 Å². The average Bonchev–Trinajstić information content (AvgIpc) is 2.77. The van der Waals surface area contributed by atoms with Gasteiger partial charge in [0, 0.05) is 17.6 Å². The van der Waals surface area contributed by atoms with E-state index >= 15 is 0 Å². The summed E-state index contributed by atoms with van der Waals surface area (Å²) in [6.45, 7) is 8.92. The van der Waals surface area contributed by atoms with E-state index in [1.54, 1.807) is 0 Å². The fraction of sp³-hybridized carbons (Fsp3) is 0.667. The first-order valence-corrected chi connectivity index (χ1v) is 6.64. The van der Waals surface area contributed by atoms with Crippen molar-refractivity contribution in [2.45, 2.75) is 39.2 Å². The smallest absolute Gasteiger partial charge is 0.334 e. The second-order valence-electron chi connectivity index (χ2n) is 6.70. The molecule has 0 radical (unpaired) electrons. The third kappa shape index (κ3) is 1.64. The molecule has 0 unspecified atom stereocenters. The van der Waals surface area contributed by atoms with Crippen LogP contribution in [0.25, 0.3) is 0 Å². The number of allylic oxidation sites excluding steroid dienone is 1. The van der Waals surface area contributed by atoms with Crippen LogP contribution in [0.3, 0.4) is 0 Å². The first kappa shape index (κ1) is 12.0. The molecule has 0 spiro atoms. The van der Waals surface area contributed by atoms with E-state index in [0.29, 0.717) is 17.9 Å². The molecule has 1 aliphatic heterocycles. The molecular formula is C15H20O3. The monoisotopic (exact) mass is 248 g/mol. The summed E-state index contributed by atoms with van der Waals surface area (Å²) in [4.78, 5) is 11.7. The minimum Gasteiger partial charge on any atom is -0.458 e. The highest BCUT2D eigenvalue weighted by Crippen LogP contribution is 2.53. The SMILES string of the molecule is C=C1CC2=C(COC2=O)[C@@H](O)[C@@H]2CC(C)(C)C[C@H]12. The summed E-state index contributed by atoms with van der Waals surface area (Å²) in [6, 6.07) is 0. The van der Waals surface area contributed by atoms with Gasteiger partial charge in [0.25, 0.3) is 0 Å². The van der Waals surface area contributed by atoms with Crippen LogP contribution in [-0.4, -0.2) is 23.8 Å². The van der Waals surface area contributed by atoms with Gasteiger partial charge in [-0.25, -0.2) is 4.79 Å². The lowest BCUT2D eigenvalue weighted by Crippen LogP contribution is -2.26. The van der Waals surface area contributed by atoms with Gasteiger partial charge in [-0.2, -0.15) is 0 Å². The molecule has 0 amide bonds. The minimum atomic E-state index is -0.530. The van der Waals surface area contributed by atoms with Gasteiger partial charge in [-0.1, -0.05) is 26.0 Å². The Bertz CT molecular complexity index is 458. The van der Waals surface area contributed by atoms with E-state index in [9.17, 15) is 9.90 Å². The van der Waals surface area contributed by atoms with E-state index < -0.39 is 6.10 Å². The Morgan fingerprint density at radius 3 is 2.83 bits per heavy atom. The van der Waals surface area contributed by atoms with Gasteiger partial charge in [0.15, 0.2) is 0 Å². The minimum absolute atomic E-state index is 0.203. The molecule has 3 aliphatic rings. The van der Waals surface area contributed by atoms with E-state index in [1.807, 2.05) is 0 Å². The summed E-state index contributed by atoms with van der Waals surface area (Å²) in [5, 5.41) is 10.6. The van der Waals surface area contributed by atoms with Crippen LogP contribution in [-0.2, 0) is 9.53 Å². The van der Waals surface area contributed by atoms with Crippen molar-refractivity contribution in [3.05, 3.63) is 23.3 Å². The fourth-order valence-electron chi connectivity index (χ4n) is 3.90. The Kier molecular flexibility index (Phi) is 2.46. The molecule has 1 fully saturated rings. The zero-order valence-corrected chi connectivity index (χ0v) is 11.0. The van der Waals surface area contributed by atoms with Gasteiger partial charge in [-0.05, 0) is 30.1 Å². The number of hydrogen-bond acceptors (Lipinski definition) is 3. The van der Waals surface area contributed by atoms with E-state index in [1.165, 1.54) is 0 Å². The zero-order valence-electron chi connectivity index (χ0n) is 11.0. The second kappa shape index (κ2) is 3.70. The van der Waals surface area contributed by atoms with Crippen LogP contribution in [0, 0.1) is 17.3 Å². The number of rotatable bonds is 0. The highest BCUT2D eigenvalue weighted by molar-refractivity contribution is 5.92. The maximum absolute atomic E-state index is 11.7. The number of esters is 1. The number of cyclic esters (lactones) is 1. The molecule has 1 N–H and O–H groups in total. The summed E-state index contributed by atoms with van der Waals surface area (Å²) < 4.78 is 5.06. The molecule has 0 saturated heterocycles. The van der Waals surface area contributed by atoms with Crippen molar-refractivity contribution in [1.82, 2.24) is 0 Å².